The number of hydrogen-bond donors (Lipinski definition) is 0. The van der Waals surface area contributed by atoms with Crippen LogP contribution < -0.4 is 0 Å². The van der Waals surface area contributed by atoms with Crippen LogP contribution in [0, 0.1) is 5.92 Å². The smallest absolute Gasteiger partial charge is 0.118 e. The van der Waals surface area contributed by atoms with Gasteiger partial charge in [0.1, 0.15) is 5.82 Å². The fraction of sp³-hybridized carbons (Fsp3) is 0.400. The minimum atomic E-state index is 0.542. The van der Waals surface area contributed by atoms with Crippen LogP contribution in [0.3, 0.4) is 0 Å². The summed E-state index contributed by atoms with van der Waals surface area (Å²) in [6.45, 7) is 4.36. The van der Waals surface area contributed by atoms with Gasteiger partial charge in [0, 0.05) is 25.0 Å². The van der Waals surface area contributed by atoms with Crippen molar-refractivity contribution in [1.29, 1.82) is 0 Å². The lowest BCUT2D eigenvalue weighted by atomic mass is 10.0. The molecular formula is C10H13N3. The molecule has 1 aliphatic heterocycles. The molecule has 0 amide bonds. The van der Waals surface area contributed by atoms with Crippen molar-refractivity contribution in [3.05, 3.63) is 30.0 Å². The Morgan fingerprint density at radius 2 is 2.31 bits per heavy atom. The Hall–Kier alpha value is -1.38. The first-order valence-corrected chi connectivity index (χ1v) is 4.51. The molecule has 0 spiro atoms. The third-order valence-electron chi connectivity index (χ3n) is 2.28. The van der Waals surface area contributed by atoms with Crippen LogP contribution in [-0.4, -0.2) is 15.9 Å². The molecule has 0 aliphatic carbocycles. The molecule has 1 aliphatic rings. The van der Waals surface area contributed by atoms with E-state index < -0.39 is 0 Å². The second kappa shape index (κ2) is 3.17. The maximum Gasteiger partial charge on any atom is 0.118 e. The summed E-state index contributed by atoms with van der Waals surface area (Å²) in [5, 5.41) is 0. The molecule has 13 heavy (non-hydrogen) atoms. The molecule has 1 aromatic heterocycles. The second-order valence-electron chi connectivity index (χ2n) is 3.55. The predicted molar refractivity (Wildman–Crippen MR) is 52.7 cm³/mol. The van der Waals surface area contributed by atoms with Crippen LogP contribution in [-0.2, 0) is 6.42 Å². The van der Waals surface area contributed by atoms with E-state index in [0.29, 0.717) is 5.92 Å². The van der Waals surface area contributed by atoms with E-state index in [4.69, 9.17) is 0 Å². The Labute approximate surface area is 77.8 Å². The summed E-state index contributed by atoms with van der Waals surface area (Å²) >= 11 is 0. The van der Waals surface area contributed by atoms with E-state index in [1.807, 2.05) is 23.2 Å². The molecule has 2 rings (SSSR count). The zero-order valence-electron chi connectivity index (χ0n) is 7.94. The van der Waals surface area contributed by atoms with E-state index in [0.717, 1.165) is 12.2 Å². The van der Waals surface area contributed by atoms with Crippen LogP contribution in [0.2, 0.25) is 0 Å². The highest BCUT2D eigenvalue weighted by atomic mass is 15.1. The number of hydrogen-bond acceptors (Lipinski definition) is 2. The number of allylic oxidation sites excluding steroid dienone is 1. The molecule has 3 heteroatoms. The van der Waals surface area contributed by atoms with Crippen molar-refractivity contribution < 1.29 is 0 Å². The summed E-state index contributed by atoms with van der Waals surface area (Å²) in [7, 11) is 0. The number of imidazole rings is 1. The lowest BCUT2D eigenvalue weighted by Crippen LogP contribution is -2.03. The normalized spacial score (nSPS) is 15.5. The molecule has 0 saturated carbocycles. The second-order valence-corrected chi connectivity index (χ2v) is 3.55. The monoisotopic (exact) mass is 175 g/mol. The zero-order chi connectivity index (χ0) is 9.26. The van der Waals surface area contributed by atoms with Crippen molar-refractivity contribution in [3.8, 4) is 0 Å². The zero-order valence-corrected chi connectivity index (χ0v) is 7.94. The molecule has 0 unspecified atom stereocenters. The Bertz CT molecular complexity index is 358. The number of nitrogens with zero attached hydrogens (tertiary/aromatic N) is 3. The minimum absolute atomic E-state index is 0.542. The maximum atomic E-state index is 4.28. The third-order valence-corrected chi connectivity index (χ3v) is 2.28. The van der Waals surface area contributed by atoms with Gasteiger partial charge < -0.3 is 0 Å². The van der Waals surface area contributed by atoms with Gasteiger partial charge in [0.05, 0.1) is 6.34 Å². The summed E-state index contributed by atoms with van der Waals surface area (Å²) < 4.78 is 1.96. The van der Waals surface area contributed by atoms with E-state index in [1.165, 1.54) is 5.57 Å². The highest BCUT2D eigenvalue weighted by Crippen LogP contribution is 2.16. The molecule has 3 nitrogen and oxygen atoms in total. The molecular weight excluding hydrogens is 162 g/mol. The summed E-state index contributed by atoms with van der Waals surface area (Å²) in [5.41, 5.74) is 1.33. The Kier molecular flexibility index (Phi) is 2.00. The van der Waals surface area contributed by atoms with E-state index in [9.17, 15) is 0 Å². The van der Waals surface area contributed by atoms with Gasteiger partial charge in [-0.3, -0.25) is 4.57 Å². The Morgan fingerprint density at radius 1 is 1.46 bits per heavy atom. The fourth-order valence-corrected chi connectivity index (χ4v) is 1.37. The minimum Gasteiger partial charge on any atom is -0.294 e. The molecule has 0 radical (unpaired) electrons. The third kappa shape index (κ3) is 1.54. The van der Waals surface area contributed by atoms with E-state index in [2.05, 4.69) is 23.8 Å². The van der Waals surface area contributed by atoms with Crippen molar-refractivity contribution in [1.82, 2.24) is 9.55 Å². The van der Waals surface area contributed by atoms with Crippen molar-refractivity contribution in [3.63, 3.8) is 0 Å². The van der Waals surface area contributed by atoms with Gasteiger partial charge in [0.15, 0.2) is 0 Å². The van der Waals surface area contributed by atoms with Crippen molar-refractivity contribution in [2.45, 2.75) is 20.3 Å². The molecule has 0 atom stereocenters. The SMILES string of the molecule is CC(C)C1=CN=Cn2ccnc2C1. The summed E-state index contributed by atoms with van der Waals surface area (Å²) in [6.07, 6.45) is 8.39. The van der Waals surface area contributed by atoms with Gasteiger partial charge in [-0.2, -0.15) is 0 Å². The molecule has 0 N–H and O–H groups in total. The maximum absolute atomic E-state index is 4.28. The van der Waals surface area contributed by atoms with Crippen molar-refractivity contribution in [2.75, 3.05) is 0 Å². The lowest BCUT2D eigenvalue weighted by molar-refractivity contribution is 0.725. The van der Waals surface area contributed by atoms with Gasteiger partial charge in [0.25, 0.3) is 0 Å². The Balaban J connectivity index is 2.34. The van der Waals surface area contributed by atoms with Gasteiger partial charge in [-0.25, -0.2) is 9.98 Å². The van der Waals surface area contributed by atoms with Crippen LogP contribution >= 0.6 is 0 Å². The average Bonchev–Trinajstić information content (AvgIpc) is 2.42. The van der Waals surface area contributed by atoms with Crippen molar-refractivity contribution >= 4 is 6.34 Å². The molecule has 2 heterocycles. The summed E-state index contributed by atoms with van der Waals surface area (Å²) in [5.74, 6) is 1.61. The molecule has 1 aromatic rings. The largest absolute Gasteiger partial charge is 0.294 e. The predicted octanol–water partition coefficient (Wildman–Crippen LogP) is 1.86. The van der Waals surface area contributed by atoms with Crippen molar-refractivity contribution in [2.24, 2.45) is 10.9 Å². The quantitative estimate of drug-likeness (QED) is 0.640. The lowest BCUT2D eigenvalue weighted by Gasteiger charge is -2.07. The first-order chi connectivity index (χ1) is 6.27. The summed E-state index contributed by atoms with van der Waals surface area (Å²) in [6, 6.07) is 0. The molecule has 0 aromatic carbocycles. The molecule has 0 bridgehead atoms. The number of aromatic nitrogens is 2. The van der Waals surface area contributed by atoms with Gasteiger partial charge in [-0.1, -0.05) is 13.8 Å². The van der Waals surface area contributed by atoms with Gasteiger partial charge in [-0.15, -0.1) is 0 Å². The molecule has 0 fully saturated rings. The Morgan fingerprint density at radius 3 is 3.08 bits per heavy atom. The molecule has 0 saturated heterocycles. The molecule has 68 valence electrons. The average molecular weight is 175 g/mol. The van der Waals surface area contributed by atoms with Crippen LogP contribution in [0.15, 0.2) is 29.2 Å². The standard InChI is InChI=1S/C10H13N3/c1-8(2)9-5-10-12-3-4-13(10)7-11-6-9/h3-4,6-8H,5H2,1-2H3. The fourth-order valence-electron chi connectivity index (χ4n) is 1.37. The van der Waals surface area contributed by atoms with E-state index in [-0.39, 0.29) is 0 Å². The van der Waals surface area contributed by atoms with Gasteiger partial charge in [0.2, 0.25) is 0 Å². The summed E-state index contributed by atoms with van der Waals surface area (Å²) in [4.78, 5) is 8.50. The van der Waals surface area contributed by atoms with Crippen LogP contribution in [0.4, 0.5) is 0 Å². The van der Waals surface area contributed by atoms with E-state index in [1.54, 1.807) is 6.34 Å². The first-order valence-electron chi connectivity index (χ1n) is 4.51. The van der Waals surface area contributed by atoms with Crippen LogP contribution in [0.5, 0.6) is 0 Å². The highest BCUT2D eigenvalue weighted by molar-refractivity contribution is 5.61. The number of aliphatic imine (C=N–C) groups is 1. The van der Waals surface area contributed by atoms with Gasteiger partial charge in [-0.05, 0) is 11.5 Å². The highest BCUT2D eigenvalue weighted by Gasteiger charge is 2.10. The van der Waals surface area contributed by atoms with Gasteiger partial charge >= 0.3 is 0 Å². The van der Waals surface area contributed by atoms with E-state index >= 15 is 0 Å². The number of fused-ring (bicyclic) bond motifs is 1. The topological polar surface area (TPSA) is 30.2 Å². The van der Waals surface area contributed by atoms with Crippen LogP contribution in [0.1, 0.15) is 19.7 Å². The van der Waals surface area contributed by atoms with Crippen LogP contribution in [0.25, 0.3) is 0 Å². The number of rotatable bonds is 1. The first kappa shape index (κ1) is 8.23.